The summed E-state index contributed by atoms with van der Waals surface area (Å²) in [6.45, 7) is 11.0. The molecule has 0 aliphatic rings. The van der Waals surface area contributed by atoms with Crippen molar-refractivity contribution in [3.05, 3.63) is 23.8 Å². The van der Waals surface area contributed by atoms with Crippen LogP contribution >= 0.6 is 0 Å². The third-order valence-electron chi connectivity index (χ3n) is 2.90. The molecule has 1 nitrogen and oxygen atoms in total. The SMILES string of the molecule is CCC(C)/C=C\C(=C\C(C)N)C(C)CC. The van der Waals surface area contributed by atoms with Crippen LogP contribution in [0.2, 0.25) is 0 Å². The molecule has 0 spiro atoms. The van der Waals surface area contributed by atoms with E-state index in [1.54, 1.807) is 0 Å². The minimum Gasteiger partial charge on any atom is -0.325 e. The van der Waals surface area contributed by atoms with E-state index in [9.17, 15) is 0 Å². The molecule has 0 fully saturated rings. The second kappa shape index (κ2) is 7.70. The van der Waals surface area contributed by atoms with Crippen LogP contribution in [0.1, 0.15) is 47.5 Å². The lowest BCUT2D eigenvalue weighted by Crippen LogP contribution is -2.13. The number of hydrogen-bond acceptors (Lipinski definition) is 1. The summed E-state index contributed by atoms with van der Waals surface area (Å²) < 4.78 is 0. The lowest BCUT2D eigenvalue weighted by Gasteiger charge is -2.12. The van der Waals surface area contributed by atoms with E-state index in [2.05, 4.69) is 45.9 Å². The van der Waals surface area contributed by atoms with Crippen molar-refractivity contribution in [3.63, 3.8) is 0 Å². The monoisotopic (exact) mass is 209 g/mol. The topological polar surface area (TPSA) is 26.0 Å². The quantitative estimate of drug-likeness (QED) is 0.659. The Morgan fingerprint density at radius 2 is 1.73 bits per heavy atom. The van der Waals surface area contributed by atoms with E-state index < -0.39 is 0 Å². The van der Waals surface area contributed by atoms with Gasteiger partial charge in [0.25, 0.3) is 0 Å². The van der Waals surface area contributed by atoms with Gasteiger partial charge in [-0.15, -0.1) is 0 Å². The number of rotatable bonds is 6. The Kier molecular flexibility index (Phi) is 7.41. The van der Waals surface area contributed by atoms with Gasteiger partial charge in [0.2, 0.25) is 0 Å². The molecule has 15 heavy (non-hydrogen) atoms. The van der Waals surface area contributed by atoms with Crippen LogP contribution in [0.5, 0.6) is 0 Å². The summed E-state index contributed by atoms with van der Waals surface area (Å²) >= 11 is 0. The van der Waals surface area contributed by atoms with Gasteiger partial charge >= 0.3 is 0 Å². The van der Waals surface area contributed by atoms with Gasteiger partial charge in [0.15, 0.2) is 0 Å². The largest absolute Gasteiger partial charge is 0.325 e. The molecule has 0 heterocycles. The van der Waals surface area contributed by atoms with Gasteiger partial charge < -0.3 is 5.73 Å². The normalized spacial score (nSPS) is 19.2. The Labute approximate surface area is 95.4 Å². The van der Waals surface area contributed by atoms with Gasteiger partial charge in [0.1, 0.15) is 0 Å². The number of allylic oxidation sites excluding steroid dienone is 3. The maximum absolute atomic E-state index is 5.81. The third-order valence-corrected chi connectivity index (χ3v) is 2.90. The van der Waals surface area contributed by atoms with Crippen molar-refractivity contribution in [2.45, 2.75) is 53.5 Å². The second-order valence-corrected chi connectivity index (χ2v) is 4.58. The lowest BCUT2D eigenvalue weighted by molar-refractivity contribution is 0.656. The molecule has 0 aliphatic heterocycles. The molecule has 0 bridgehead atoms. The van der Waals surface area contributed by atoms with Crippen molar-refractivity contribution < 1.29 is 0 Å². The van der Waals surface area contributed by atoms with Gasteiger partial charge in [-0.3, -0.25) is 0 Å². The predicted octanol–water partition coefficient (Wildman–Crippen LogP) is 3.91. The molecular weight excluding hydrogens is 182 g/mol. The predicted molar refractivity (Wildman–Crippen MR) is 69.8 cm³/mol. The second-order valence-electron chi connectivity index (χ2n) is 4.58. The van der Waals surface area contributed by atoms with Gasteiger partial charge in [-0.1, -0.05) is 52.3 Å². The Morgan fingerprint density at radius 3 is 2.13 bits per heavy atom. The zero-order chi connectivity index (χ0) is 11.8. The first kappa shape index (κ1) is 14.4. The molecule has 1 heteroatoms. The minimum atomic E-state index is 0.149. The van der Waals surface area contributed by atoms with Crippen LogP contribution < -0.4 is 5.73 Å². The molecular formula is C14H27N. The van der Waals surface area contributed by atoms with Gasteiger partial charge in [0, 0.05) is 6.04 Å². The van der Waals surface area contributed by atoms with Gasteiger partial charge in [0.05, 0.1) is 0 Å². The highest BCUT2D eigenvalue weighted by Crippen LogP contribution is 2.17. The molecule has 0 aliphatic carbocycles. The van der Waals surface area contributed by atoms with Crippen LogP contribution in [0, 0.1) is 11.8 Å². The van der Waals surface area contributed by atoms with E-state index in [-0.39, 0.29) is 6.04 Å². The molecule has 0 aromatic carbocycles. The summed E-state index contributed by atoms with van der Waals surface area (Å²) in [6.07, 6.45) is 9.09. The standard InChI is InChI=1S/C14H27N/c1-6-11(3)8-9-14(10-13(5)15)12(4)7-2/h8-13H,6-7,15H2,1-5H3/b9-8-,14-10-. The van der Waals surface area contributed by atoms with Crippen LogP contribution in [0.3, 0.4) is 0 Å². The van der Waals surface area contributed by atoms with Gasteiger partial charge in [-0.05, 0) is 30.8 Å². The number of hydrogen-bond donors (Lipinski definition) is 1. The maximum atomic E-state index is 5.81. The molecule has 0 saturated carbocycles. The molecule has 0 saturated heterocycles. The Morgan fingerprint density at radius 1 is 1.13 bits per heavy atom. The average Bonchev–Trinajstić information content (AvgIpc) is 2.21. The van der Waals surface area contributed by atoms with Crippen LogP contribution in [0.15, 0.2) is 23.8 Å². The molecule has 2 N–H and O–H groups in total. The van der Waals surface area contributed by atoms with Crippen LogP contribution in [-0.2, 0) is 0 Å². The van der Waals surface area contributed by atoms with E-state index in [0.29, 0.717) is 11.8 Å². The molecule has 0 aromatic heterocycles. The van der Waals surface area contributed by atoms with E-state index >= 15 is 0 Å². The van der Waals surface area contributed by atoms with Crippen molar-refractivity contribution in [2.75, 3.05) is 0 Å². The Hall–Kier alpha value is -0.560. The number of nitrogens with two attached hydrogens (primary N) is 1. The fraction of sp³-hybridized carbons (Fsp3) is 0.714. The zero-order valence-corrected chi connectivity index (χ0v) is 11.0. The first-order valence-electron chi connectivity index (χ1n) is 6.16. The summed E-state index contributed by atoms with van der Waals surface area (Å²) in [6, 6.07) is 0.149. The van der Waals surface area contributed by atoms with E-state index in [1.165, 1.54) is 18.4 Å². The molecule has 0 rings (SSSR count). The lowest BCUT2D eigenvalue weighted by atomic mass is 9.95. The Balaban J connectivity index is 4.58. The molecule has 0 aromatic rings. The highest BCUT2D eigenvalue weighted by Gasteiger charge is 2.04. The third kappa shape index (κ3) is 6.51. The average molecular weight is 209 g/mol. The molecule has 0 amide bonds. The van der Waals surface area contributed by atoms with Crippen molar-refractivity contribution in [2.24, 2.45) is 17.6 Å². The van der Waals surface area contributed by atoms with E-state index in [4.69, 9.17) is 5.73 Å². The van der Waals surface area contributed by atoms with Gasteiger partial charge in [-0.2, -0.15) is 0 Å². The summed E-state index contributed by atoms with van der Waals surface area (Å²) in [7, 11) is 0. The highest BCUT2D eigenvalue weighted by molar-refractivity contribution is 5.23. The van der Waals surface area contributed by atoms with Crippen molar-refractivity contribution in [3.8, 4) is 0 Å². The van der Waals surface area contributed by atoms with Crippen LogP contribution in [-0.4, -0.2) is 6.04 Å². The first-order valence-corrected chi connectivity index (χ1v) is 6.16. The molecule has 0 radical (unpaired) electrons. The van der Waals surface area contributed by atoms with Crippen LogP contribution in [0.25, 0.3) is 0 Å². The summed E-state index contributed by atoms with van der Waals surface area (Å²) in [5.74, 6) is 1.27. The fourth-order valence-corrected chi connectivity index (χ4v) is 1.33. The smallest absolute Gasteiger partial charge is 0.0200 e. The Bertz CT molecular complexity index is 213. The molecule has 88 valence electrons. The molecule has 3 atom stereocenters. The maximum Gasteiger partial charge on any atom is 0.0200 e. The fourth-order valence-electron chi connectivity index (χ4n) is 1.33. The first-order chi connectivity index (χ1) is 7.01. The van der Waals surface area contributed by atoms with Crippen molar-refractivity contribution in [1.82, 2.24) is 0 Å². The zero-order valence-electron chi connectivity index (χ0n) is 11.0. The van der Waals surface area contributed by atoms with Crippen LogP contribution in [0.4, 0.5) is 0 Å². The van der Waals surface area contributed by atoms with Gasteiger partial charge in [-0.25, -0.2) is 0 Å². The summed E-state index contributed by atoms with van der Waals surface area (Å²) in [5, 5.41) is 0. The van der Waals surface area contributed by atoms with Crippen molar-refractivity contribution >= 4 is 0 Å². The van der Waals surface area contributed by atoms with E-state index in [1.807, 2.05) is 6.92 Å². The summed E-state index contributed by atoms with van der Waals surface area (Å²) in [4.78, 5) is 0. The van der Waals surface area contributed by atoms with Crippen molar-refractivity contribution in [1.29, 1.82) is 0 Å². The highest BCUT2D eigenvalue weighted by atomic mass is 14.6. The van der Waals surface area contributed by atoms with E-state index in [0.717, 1.165) is 0 Å². The molecule has 3 unspecified atom stereocenters. The minimum absolute atomic E-state index is 0.149. The summed E-state index contributed by atoms with van der Waals surface area (Å²) in [5.41, 5.74) is 7.20.